The lowest BCUT2D eigenvalue weighted by Crippen LogP contribution is -2.74. The zero-order chi connectivity index (χ0) is 30.8. The highest BCUT2D eigenvalue weighted by molar-refractivity contribution is 5.83. The molecule has 4 aliphatic rings. The van der Waals surface area contributed by atoms with Gasteiger partial charge in [-0.15, -0.1) is 0 Å². The Kier molecular flexibility index (Phi) is 7.29. The number of likely N-dealkylation sites (N-methyl/N-ethyl adjacent to an activating group) is 1. The molecule has 1 N–H and O–H groups in total. The van der Waals surface area contributed by atoms with E-state index in [0.29, 0.717) is 25.1 Å². The molecule has 5 rings (SSSR count). The first-order chi connectivity index (χ1) is 19.6. The highest BCUT2D eigenvalue weighted by Gasteiger charge is 2.72. The lowest BCUT2D eigenvalue weighted by atomic mass is 9.50. The number of aliphatic hydroxyl groups is 1. The molecule has 1 spiro atoms. The number of carbonyl (C=O) groups is 4. The molecule has 6 unspecified atom stereocenters. The Hall–Kier alpha value is -3.64. The van der Waals surface area contributed by atoms with E-state index >= 15 is 0 Å². The number of hydrogen-bond donors (Lipinski definition) is 1. The van der Waals surface area contributed by atoms with Gasteiger partial charge < -0.3 is 38.4 Å². The van der Waals surface area contributed by atoms with E-state index in [2.05, 4.69) is 4.90 Å². The fourth-order valence-corrected chi connectivity index (χ4v) is 6.68. The zero-order valence-electron chi connectivity index (χ0n) is 24.8. The first-order valence-electron chi connectivity index (χ1n) is 14.0. The van der Waals surface area contributed by atoms with Gasteiger partial charge in [0.25, 0.3) is 0 Å². The van der Waals surface area contributed by atoms with E-state index in [1.54, 1.807) is 32.9 Å². The quantitative estimate of drug-likeness (QED) is 0.296. The first-order valence-corrected chi connectivity index (χ1v) is 14.0. The highest BCUT2D eigenvalue weighted by atomic mass is 16.7. The van der Waals surface area contributed by atoms with Gasteiger partial charge in [-0.25, -0.2) is 14.4 Å². The van der Waals surface area contributed by atoms with Crippen LogP contribution in [0.5, 0.6) is 11.5 Å². The maximum atomic E-state index is 13.1. The van der Waals surface area contributed by atoms with Gasteiger partial charge in [-0.3, -0.25) is 4.79 Å². The van der Waals surface area contributed by atoms with Crippen LogP contribution in [-0.2, 0) is 45.2 Å². The van der Waals surface area contributed by atoms with E-state index in [4.69, 9.17) is 28.4 Å². The molecule has 42 heavy (non-hydrogen) atoms. The molecular weight excluding hydrogens is 550 g/mol. The standard InChI is InChI=1S/C30H37NO11/c1-15(37-17(3)32)25(33)38-16(2)26(34)39-20-10-11-30(36)21-14-18-8-9-19(40-27(35)42-28(4,5)6)23-22(18)29(30,24(20)41-23)12-13-31(21)7/h8-10,15-16,21,24,36H,11-14H2,1-7H3. The number of benzene rings is 1. The van der Waals surface area contributed by atoms with Crippen molar-refractivity contribution in [1.82, 2.24) is 4.90 Å². The molecule has 2 aliphatic carbocycles. The van der Waals surface area contributed by atoms with Crippen molar-refractivity contribution in [1.29, 1.82) is 0 Å². The van der Waals surface area contributed by atoms with Gasteiger partial charge in [-0.2, -0.15) is 0 Å². The van der Waals surface area contributed by atoms with Crippen LogP contribution in [0.25, 0.3) is 0 Å². The van der Waals surface area contributed by atoms with Gasteiger partial charge in [0.1, 0.15) is 11.4 Å². The van der Waals surface area contributed by atoms with Gasteiger partial charge in [0.15, 0.2) is 29.8 Å². The van der Waals surface area contributed by atoms with Crippen LogP contribution in [0.15, 0.2) is 24.0 Å². The number of ether oxygens (including phenoxy) is 6. The SMILES string of the molecule is CC(=O)OC(C)C(=O)OC(C)C(=O)OC1=CCC2(O)C3Cc4ccc(OC(=O)OC(C)(C)C)c5c4C2(CCN3C)C1O5. The van der Waals surface area contributed by atoms with Gasteiger partial charge in [-0.05, 0) is 78.8 Å². The van der Waals surface area contributed by atoms with E-state index in [9.17, 15) is 24.3 Å². The molecule has 0 aromatic heterocycles. The van der Waals surface area contributed by atoms with E-state index < -0.39 is 59.0 Å². The maximum absolute atomic E-state index is 13.1. The minimum absolute atomic E-state index is 0.138. The number of piperidine rings is 1. The highest BCUT2D eigenvalue weighted by Crippen LogP contribution is 2.65. The monoisotopic (exact) mass is 587 g/mol. The molecule has 12 nitrogen and oxygen atoms in total. The van der Waals surface area contributed by atoms with Crippen molar-refractivity contribution in [3.63, 3.8) is 0 Å². The topological polar surface area (TPSA) is 147 Å². The molecule has 2 aliphatic heterocycles. The molecule has 12 heteroatoms. The third-order valence-electron chi connectivity index (χ3n) is 8.44. The van der Waals surface area contributed by atoms with Crippen molar-refractivity contribution >= 4 is 24.1 Å². The molecule has 1 aromatic rings. The summed E-state index contributed by atoms with van der Waals surface area (Å²) in [6.45, 7) is 9.66. The van der Waals surface area contributed by atoms with Crippen LogP contribution in [0.2, 0.25) is 0 Å². The fourth-order valence-electron chi connectivity index (χ4n) is 6.68. The second-order valence-electron chi connectivity index (χ2n) is 12.4. The van der Waals surface area contributed by atoms with Crippen molar-refractivity contribution in [3.8, 4) is 11.5 Å². The summed E-state index contributed by atoms with van der Waals surface area (Å²) in [5.41, 5.74) is -1.35. The Labute approximate surface area is 243 Å². The predicted octanol–water partition coefficient (Wildman–Crippen LogP) is 2.70. The molecule has 1 aromatic carbocycles. The summed E-state index contributed by atoms with van der Waals surface area (Å²) in [6, 6.07) is 3.28. The summed E-state index contributed by atoms with van der Waals surface area (Å²) < 4.78 is 33.2. The molecule has 1 fully saturated rings. The minimum Gasteiger partial charge on any atom is -0.477 e. The minimum atomic E-state index is -1.32. The molecule has 0 saturated carbocycles. The number of hydrogen-bond acceptors (Lipinski definition) is 12. The summed E-state index contributed by atoms with van der Waals surface area (Å²) in [7, 11) is 1.97. The van der Waals surface area contributed by atoms with Crippen LogP contribution in [0, 0.1) is 0 Å². The van der Waals surface area contributed by atoms with Crippen molar-refractivity contribution < 1.29 is 52.7 Å². The number of carbonyl (C=O) groups excluding carboxylic acids is 4. The van der Waals surface area contributed by atoms with E-state index in [1.165, 1.54) is 13.8 Å². The summed E-state index contributed by atoms with van der Waals surface area (Å²) in [5, 5.41) is 12.4. The van der Waals surface area contributed by atoms with Gasteiger partial charge in [0.05, 0.1) is 11.0 Å². The maximum Gasteiger partial charge on any atom is 0.514 e. The number of likely N-dealkylation sites (tertiary alicyclic amines) is 1. The molecule has 228 valence electrons. The van der Waals surface area contributed by atoms with Gasteiger partial charge >= 0.3 is 24.1 Å². The first kappa shape index (κ1) is 29.8. The van der Waals surface area contributed by atoms with Crippen LogP contribution in [-0.4, -0.2) is 83.2 Å². The van der Waals surface area contributed by atoms with Crippen LogP contribution >= 0.6 is 0 Å². The second-order valence-corrected chi connectivity index (χ2v) is 12.4. The van der Waals surface area contributed by atoms with E-state index in [-0.39, 0.29) is 24.0 Å². The molecular formula is C30H37NO11. The van der Waals surface area contributed by atoms with Crippen LogP contribution in [0.4, 0.5) is 4.79 Å². The Balaban J connectivity index is 1.46. The Morgan fingerprint density at radius 1 is 1.07 bits per heavy atom. The van der Waals surface area contributed by atoms with E-state index in [0.717, 1.165) is 18.1 Å². The lowest BCUT2D eigenvalue weighted by Gasteiger charge is -2.61. The molecule has 2 heterocycles. The summed E-state index contributed by atoms with van der Waals surface area (Å²) in [6.07, 6.45) is -1.50. The average molecular weight is 588 g/mol. The smallest absolute Gasteiger partial charge is 0.477 e. The van der Waals surface area contributed by atoms with Crippen molar-refractivity contribution in [2.24, 2.45) is 0 Å². The molecule has 6 atom stereocenters. The number of esters is 3. The van der Waals surface area contributed by atoms with Crippen LogP contribution in [0.3, 0.4) is 0 Å². The van der Waals surface area contributed by atoms with Crippen molar-refractivity contribution in [2.45, 2.75) is 102 Å². The van der Waals surface area contributed by atoms with Gasteiger partial charge in [0.2, 0.25) is 0 Å². The lowest BCUT2D eigenvalue weighted by molar-refractivity contribution is -0.179. The van der Waals surface area contributed by atoms with Crippen LogP contribution < -0.4 is 9.47 Å². The van der Waals surface area contributed by atoms with E-state index in [1.807, 2.05) is 13.1 Å². The number of nitrogens with zero attached hydrogens (tertiary/aromatic N) is 1. The molecule has 0 amide bonds. The van der Waals surface area contributed by atoms with Crippen LogP contribution in [0.1, 0.15) is 65.5 Å². The van der Waals surface area contributed by atoms with Gasteiger partial charge in [0, 0.05) is 24.9 Å². The molecule has 0 radical (unpaired) electrons. The van der Waals surface area contributed by atoms with Crippen molar-refractivity contribution in [3.05, 3.63) is 35.1 Å². The second kappa shape index (κ2) is 10.3. The largest absolute Gasteiger partial charge is 0.514 e. The summed E-state index contributed by atoms with van der Waals surface area (Å²) in [4.78, 5) is 51.3. The Morgan fingerprint density at radius 3 is 2.43 bits per heavy atom. The predicted molar refractivity (Wildman–Crippen MR) is 145 cm³/mol. The number of rotatable bonds is 6. The Bertz CT molecular complexity index is 1360. The third-order valence-corrected chi connectivity index (χ3v) is 8.44. The zero-order valence-corrected chi connectivity index (χ0v) is 24.8. The summed E-state index contributed by atoms with van der Waals surface area (Å²) >= 11 is 0. The normalized spacial score (nSPS) is 28.7. The van der Waals surface area contributed by atoms with Crippen molar-refractivity contribution in [2.75, 3.05) is 13.6 Å². The Morgan fingerprint density at radius 2 is 1.76 bits per heavy atom. The van der Waals surface area contributed by atoms with Gasteiger partial charge in [-0.1, -0.05) is 6.07 Å². The third kappa shape index (κ3) is 4.80. The average Bonchev–Trinajstić information content (AvgIpc) is 3.23. The molecule has 2 bridgehead atoms. The fraction of sp³-hybridized carbons (Fsp3) is 0.600. The molecule has 1 saturated heterocycles. The summed E-state index contributed by atoms with van der Waals surface area (Å²) in [5.74, 6) is -1.83.